The molecule has 0 unspecified atom stereocenters. The fourth-order valence-corrected chi connectivity index (χ4v) is 4.45. The lowest BCUT2D eigenvalue weighted by Gasteiger charge is -2.32. The molecule has 0 saturated carbocycles. The van der Waals surface area contributed by atoms with Gasteiger partial charge in [-0.15, -0.1) is 11.3 Å². The summed E-state index contributed by atoms with van der Waals surface area (Å²) in [5, 5.41) is 9.76. The first-order valence-corrected chi connectivity index (χ1v) is 10.7. The number of hydrogen-bond acceptors (Lipinski definition) is 8. The Morgan fingerprint density at radius 1 is 1.20 bits per heavy atom. The molecule has 1 fully saturated rings. The molecule has 152 valence electrons. The summed E-state index contributed by atoms with van der Waals surface area (Å²) < 4.78 is 1.75. The van der Waals surface area contributed by atoms with Crippen molar-refractivity contribution < 1.29 is 4.79 Å². The second-order valence-corrected chi connectivity index (χ2v) is 8.18. The molecule has 4 aromatic heterocycles. The molecule has 0 aliphatic carbocycles. The number of nitrogens with zero attached hydrogens (tertiary/aromatic N) is 7. The summed E-state index contributed by atoms with van der Waals surface area (Å²) >= 11 is 7.75. The SMILES string of the molecule is O=C(c1cc(Cl)nc(-c2cnn3ccsc23)n1)N1CCC(Nc2ncccn2)CC1. The highest BCUT2D eigenvalue weighted by Gasteiger charge is 2.26. The Balaban J connectivity index is 1.31. The number of rotatable bonds is 4. The topological polar surface area (TPSA) is 101 Å². The summed E-state index contributed by atoms with van der Waals surface area (Å²) in [7, 11) is 0. The van der Waals surface area contributed by atoms with Crippen molar-refractivity contribution >= 4 is 39.6 Å². The fraction of sp³-hybridized carbons (Fsp3) is 0.263. The highest BCUT2D eigenvalue weighted by atomic mass is 35.5. The first-order valence-electron chi connectivity index (χ1n) is 9.46. The standard InChI is InChI=1S/C19H17ClN8OS/c20-15-10-14(25-16(26-15)13-11-23-28-8-9-30-18(13)28)17(29)27-6-2-12(3-7-27)24-19-21-4-1-5-22-19/h1,4-5,8-12H,2-3,6-7H2,(H,21,22,24). The van der Waals surface area contributed by atoms with E-state index in [1.54, 1.807) is 34.1 Å². The number of carbonyl (C=O) groups excluding carboxylic acids is 1. The molecule has 4 aromatic rings. The van der Waals surface area contributed by atoms with Gasteiger partial charge in [-0.25, -0.2) is 24.5 Å². The van der Waals surface area contributed by atoms with Crippen molar-refractivity contribution in [1.29, 1.82) is 0 Å². The van der Waals surface area contributed by atoms with Crippen LogP contribution in [0.1, 0.15) is 23.3 Å². The van der Waals surface area contributed by atoms with Gasteiger partial charge in [0.1, 0.15) is 15.7 Å². The van der Waals surface area contributed by atoms with Crippen LogP contribution in [-0.2, 0) is 0 Å². The maximum atomic E-state index is 13.1. The van der Waals surface area contributed by atoms with Crippen LogP contribution in [0.3, 0.4) is 0 Å². The van der Waals surface area contributed by atoms with E-state index < -0.39 is 0 Å². The third-order valence-corrected chi connectivity index (χ3v) is 6.05. The van der Waals surface area contributed by atoms with Crippen molar-refractivity contribution in [2.75, 3.05) is 18.4 Å². The van der Waals surface area contributed by atoms with Crippen LogP contribution in [0.5, 0.6) is 0 Å². The van der Waals surface area contributed by atoms with Gasteiger partial charge in [0, 0.05) is 49.2 Å². The van der Waals surface area contributed by atoms with E-state index in [1.807, 2.05) is 11.6 Å². The van der Waals surface area contributed by atoms with Gasteiger partial charge in [-0.3, -0.25) is 4.79 Å². The van der Waals surface area contributed by atoms with Gasteiger partial charge in [-0.2, -0.15) is 5.10 Å². The van der Waals surface area contributed by atoms with E-state index >= 15 is 0 Å². The van der Waals surface area contributed by atoms with Gasteiger partial charge >= 0.3 is 0 Å². The summed E-state index contributed by atoms with van der Waals surface area (Å²) in [4.78, 5) is 33.0. The van der Waals surface area contributed by atoms with Gasteiger partial charge in [0.2, 0.25) is 5.95 Å². The summed E-state index contributed by atoms with van der Waals surface area (Å²) in [6, 6.07) is 3.52. The molecule has 5 heterocycles. The van der Waals surface area contributed by atoms with Crippen molar-refractivity contribution in [2.24, 2.45) is 0 Å². The lowest BCUT2D eigenvalue weighted by Crippen LogP contribution is -2.42. The van der Waals surface area contributed by atoms with Crippen LogP contribution in [0.25, 0.3) is 16.2 Å². The van der Waals surface area contributed by atoms with Gasteiger partial charge in [-0.1, -0.05) is 11.6 Å². The van der Waals surface area contributed by atoms with E-state index in [2.05, 4.69) is 30.4 Å². The molecule has 0 aromatic carbocycles. The third-order valence-electron chi connectivity index (χ3n) is 4.97. The average Bonchev–Trinajstić information content (AvgIpc) is 3.38. The van der Waals surface area contributed by atoms with E-state index in [-0.39, 0.29) is 17.1 Å². The van der Waals surface area contributed by atoms with E-state index in [9.17, 15) is 4.79 Å². The minimum Gasteiger partial charge on any atom is -0.351 e. The number of nitrogens with one attached hydrogen (secondary N) is 1. The van der Waals surface area contributed by atoms with Crippen LogP contribution in [0.4, 0.5) is 5.95 Å². The molecular weight excluding hydrogens is 424 g/mol. The average molecular weight is 441 g/mol. The molecule has 1 aliphatic heterocycles. The highest BCUT2D eigenvalue weighted by molar-refractivity contribution is 7.16. The Labute approximate surface area is 180 Å². The molecule has 30 heavy (non-hydrogen) atoms. The lowest BCUT2D eigenvalue weighted by atomic mass is 10.0. The Kier molecular flexibility index (Phi) is 5.01. The molecule has 1 aliphatic rings. The summed E-state index contributed by atoms with van der Waals surface area (Å²) in [5.41, 5.74) is 1.05. The Hall–Kier alpha value is -3.11. The molecule has 1 amide bonds. The normalized spacial score (nSPS) is 14.9. The van der Waals surface area contributed by atoms with Gasteiger partial charge < -0.3 is 10.2 Å². The van der Waals surface area contributed by atoms with Crippen molar-refractivity contribution in [1.82, 2.24) is 34.4 Å². The van der Waals surface area contributed by atoms with Crippen LogP contribution >= 0.6 is 22.9 Å². The largest absolute Gasteiger partial charge is 0.351 e. The Morgan fingerprint density at radius 2 is 2.00 bits per heavy atom. The number of fused-ring (bicyclic) bond motifs is 1. The molecular formula is C19H17ClN8OS. The second-order valence-electron chi connectivity index (χ2n) is 6.89. The number of amides is 1. The van der Waals surface area contributed by atoms with E-state index in [0.717, 1.165) is 23.2 Å². The maximum absolute atomic E-state index is 13.1. The third kappa shape index (κ3) is 3.71. The number of halogens is 1. The fourth-order valence-electron chi connectivity index (χ4n) is 3.47. The van der Waals surface area contributed by atoms with Crippen LogP contribution < -0.4 is 5.32 Å². The highest BCUT2D eigenvalue weighted by Crippen LogP contribution is 2.27. The first kappa shape index (κ1) is 18.9. The van der Waals surface area contributed by atoms with Gasteiger partial charge in [0.15, 0.2) is 5.82 Å². The number of piperidine rings is 1. The molecule has 0 spiro atoms. The predicted molar refractivity (Wildman–Crippen MR) is 114 cm³/mol. The molecule has 0 atom stereocenters. The summed E-state index contributed by atoms with van der Waals surface area (Å²) in [5.74, 6) is 0.862. The van der Waals surface area contributed by atoms with Crippen molar-refractivity contribution in [3.05, 3.63) is 53.1 Å². The summed E-state index contributed by atoms with van der Waals surface area (Å²) in [6.45, 7) is 1.23. The molecule has 11 heteroatoms. The number of carbonyl (C=O) groups is 1. The molecule has 9 nitrogen and oxygen atoms in total. The van der Waals surface area contributed by atoms with Crippen LogP contribution in [0.2, 0.25) is 5.15 Å². The van der Waals surface area contributed by atoms with Gasteiger partial charge in [-0.05, 0) is 18.9 Å². The van der Waals surface area contributed by atoms with Crippen molar-refractivity contribution in [3.63, 3.8) is 0 Å². The number of likely N-dealkylation sites (tertiary alicyclic amines) is 1. The molecule has 0 bridgehead atoms. The Morgan fingerprint density at radius 3 is 2.80 bits per heavy atom. The van der Waals surface area contributed by atoms with E-state index in [4.69, 9.17) is 11.6 Å². The first-order chi connectivity index (χ1) is 14.7. The zero-order valence-corrected chi connectivity index (χ0v) is 17.3. The Bertz CT molecular complexity index is 1190. The second kappa shape index (κ2) is 7.96. The van der Waals surface area contributed by atoms with Crippen molar-refractivity contribution in [2.45, 2.75) is 18.9 Å². The van der Waals surface area contributed by atoms with Crippen molar-refractivity contribution in [3.8, 4) is 11.4 Å². The number of anilines is 1. The number of aromatic nitrogens is 6. The minimum atomic E-state index is -0.149. The molecule has 5 rings (SSSR count). The lowest BCUT2D eigenvalue weighted by molar-refractivity contribution is 0.0712. The molecule has 0 radical (unpaired) electrons. The molecule has 1 N–H and O–H groups in total. The zero-order valence-electron chi connectivity index (χ0n) is 15.8. The van der Waals surface area contributed by atoms with Crippen LogP contribution in [0, 0.1) is 0 Å². The van der Waals surface area contributed by atoms with Crippen LogP contribution in [-0.4, -0.2) is 59.5 Å². The predicted octanol–water partition coefficient (Wildman–Crippen LogP) is 3.01. The van der Waals surface area contributed by atoms with E-state index in [0.29, 0.717) is 30.6 Å². The van der Waals surface area contributed by atoms with Crippen LogP contribution in [0.15, 0.2) is 42.3 Å². The quantitative estimate of drug-likeness (QED) is 0.486. The van der Waals surface area contributed by atoms with Gasteiger partial charge in [0.05, 0.1) is 11.8 Å². The smallest absolute Gasteiger partial charge is 0.272 e. The van der Waals surface area contributed by atoms with Gasteiger partial charge in [0.25, 0.3) is 5.91 Å². The number of thiazole rings is 1. The summed E-state index contributed by atoms with van der Waals surface area (Å²) in [6.07, 6.45) is 8.56. The number of hydrogen-bond donors (Lipinski definition) is 1. The minimum absolute atomic E-state index is 0.149. The zero-order chi connectivity index (χ0) is 20.5. The monoisotopic (exact) mass is 440 g/mol. The maximum Gasteiger partial charge on any atom is 0.272 e. The molecule has 1 saturated heterocycles. The van der Waals surface area contributed by atoms with E-state index in [1.165, 1.54) is 17.4 Å².